The van der Waals surface area contributed by atoms with Gasteiger partial charge in [-0.1, -0.05) is 26.0 Å². The number of nitrogens with zero attached hydrogens (tertiary/aromatic N) is 1. The number of hydrogen-bond donors (Lipinski definition) is 1. The predicted octanol–water partition coefficient (Wildman–Crippen LogP) is 1.68. The second kappa shape index (κ2) is 3.90. The molecule has 16 heavy (non-hydrogen) atoms. The summed E-state index contributed by atoms with van der Waals surface area (Å²) in [6.45, 7) is 4.12. The molecule has 0 fully saturated rings. The lowest BCUT2D eigenvalue weighted by molar-refractivity contribution is -0.117. The molecule has 1 aromatic carbocycles. The summed E-state index contributed by atoms with van der Waals surface area (Å²) in [5.41, 5.74) is 1.09. The summed E-state index contributed by atoms with van der Waals surface area (Å²) in [5.74, 6) is 0.0833. The Morgan fingerprint density at radius 1 is 1.44 bits per heavy atom. The number of carbonyl (C=O) groups is 1. The van der Waals surface area contributed by atoms with Crippen LogP contribution in [-0.4, -0.2) is 16.7 Å². The fraction of sp³-hybridized carbons (Fsp3) is 0.364. The van der Waals surface area contributed by atoms with Gasteiger partial charge in [0.25, 0.3) is 5.91 Å². The van der Waals surface area contributed by atoms with E-state index in [0.717, 1.165) is 5.56 Å². The molecule has 0 bridgehead atoms. The maximum Gasteiger partial charge on any atom is 0.255 e. The molecule has 1 aliphatic heterocycles. The highest BCUT2D eigenvalue weighted by atomic mass is 32.2. The lowest BCUT2D eigenvalue weighted by atomic mass is 10.0. The van der Waals surface area contributed by atoms with Gasteiger partial charge in [-0.05, 0) is 23.6 Å². The normalized spacial score (nSPS) is 24.3. The van der Waals surface area contributed by atoms with E-state index in [9.17, 15) is 9.00 Å². The van der Waals surface area contributed by atoms with Crippen molar-refractivity contribution in [2.24, 2.45) is 4.36 Å². The van der Waals surface area contributed by atoms with Gasteiger partial charge >= 0.3 is 0 Å². The van der Waals surface area contributed by atoms with Gasteiger partial charge in [0.05, 0.1) is 4.90 Å². The van der Waals surface area contributed by atoms with E-state index < -0.39 is 9.92 Å². The number of nitrogens with one attached hydrogen (secondary N) is 1. The Balaban J connectivity index is 2.46. The van der Waals surface area contributed by atoms with E-state index in [2.05, 4.69) is 22.9 Å². The summed E-state index contributed by atoms with van der Waals surface area (Å²) < 4.78 is 18.6. The molecular formula is C11H14N2O2S. The highest BCUT2D eigenvalue weighted by molar-refractivity contribution is 7.92. The van der Waals surface area contributed by atoms with Crippen LogP contribution in [0.5, 0.6) is 0 Å². The van der Waals surface area contributed by atoms with Crippen molar-refractivity contribution in [3.63, 3.8) is 0 Å². The molecule has 1 N–H and O–H groups in total. The third-order valence-electron chi connectivity index (χ3n) is 2.49. The van der Waals surface area contributed by atoms with E-state index >= 15 is 0 Å². The van der Waals surface area contributed by atoms with Gasteiger partial charge in [-0.2, -0.15) is 0 Å². The first-order chi connectivity index (χ1) is 7.51. The van der Waals surface area contributed by atoms with Crippen LogP contribution in [0.4, 0.5) is 0 Å². The average Bonchev–Trinajstić information content (AvgIpc) is 2.60. The third kappa shape index (κ3) is 1.95. The zero-order chi connectivity index (χ0) is 11.8. The minimum Gasteiger partial charge on any atom is -0.272 e. The van der Waals surface area contributed by atoms with E-state index in [1.807, 2.05) is 18.2 Å². The molecule has 1 aliphatic rings. The van der Waals surface area contributed by atoms with Crippen LogP contribution >= 0.6 is 0 Å². The molecule has 0 aromatic heterocycles. The third-order valence-corrected chi connectivity index (χ3v) is 4.38. The molecule has 1 aromatic rings. The van der Waals surface area contributed by atoms with Gasteiger partial charge in [-0.3, -0.25) is 9.52 Å². The number of amides is 1. The SMILES string of the molecule is CC(C)c1cccc(S2(=O)=NCC(=O)N2)c1. The standard InChI is InChI=1S/C11H14N2O2S/c1-8(2)9-4-3-5-10(6-9)16(15)12-7-11(14)13-16/h3-6,8H,7H2,1-2H3,(H,12,13,14,15). The van der Waals surface area contributed by atoms with Crippen molar-refractivity contribution in [3.8, 4) is 0 Å². The van der Waals surface area contributed by atoms with Gasteiger partial charge in [0.15, 0.2) is 9.92 Å². The van der Waals surface area contributed by atoms with Crippen LogP contribution in [0.3, 0.4) is 0 Å². The Morgan fingerprint density at radius 3 is 2.75 bits per heavy atom. The first-order valence-corrected chi connectivity index (χ1v) is 6.66. The van der Waals surface area contributed by atoms with E-state index in [0.29, 0.717) is 10.8 Å². The van der Waals surface area contributed by atoms with E-state index in [1.165, 1.54) is 0 Å². The van der Waals surface area contributed by atoms with Crippen LogP contribution in [0, 0.1) is 0 Å². The highest BCUT2D eigenvalue weighted by Crippen LogP contribution is 2.20. The number of benzene rings is 1. The highest BCUT2D eigenvalue weighted by Gasteiger charge is 2.22. The summed E-state index contributed by atoms with van der Waals surface area (Å²) in [6.07, 6.45) is 0. The van der Waals surface area contributed by atoms with Gasteiger partial charge in [0, 0.05) is 0 Å². The van der Waals surface area contributed by atoms with Crippen LogP contribution in [0.15, 0.2) is 33.5 Å². The monoisotopic (exact) mass is 238 g/mol. The van der Waals surface area contributed by atoms with Crippen LogP contribution in [0.2, 0.25) is 0 Å². The molecule has 0 spiro atoms. The Bertz CT molecular complexity index is 543. The molecule has 0 saturated heterocycles. The quantitative estimate of drug-likeness (QED) is 0.852. The van der Waals surface area contributed by atoms with Crippen molar-refractivity contribution in [1.82, 2.24) is 4.72 Å². The molecule has 0 saturated carbocycles. The van der Waals surface area contributed by atoms with E-state index in [1.54, 1.807) is 6.07 Å². The molecule has 4 nitrogen and oxygen atoms in total. The summed E-state index contributed by atoms with van der Waals surface area (Å²) in [4.78, 5) is 11.7. The Labute approximate surface area is 95.4 Å². The summed E-state index contributed by atoms with van der Waals surface area (Å²) >= 11 is 0. The number of rotatable bonds is 2. The largest absolute Gasteiger partial charge is 0.272 e. The van der Waals surface area contributed by atoms with Gasteiger partial charge in [0.1, 0.15) is 6.54 Å². The molecule has 1 unspecified atom stereocenters. The van der Waals surface area contributed by atoms with Crippen molar-refractivity contribution in [1.29, 1.82) is 0 Å². The van der Waals surface area contributed by atoms with Crippen LogP contribution < -0.4 is 4.72 Å². The van der Waals surface area contributed by atoms with Crippen molar-refractivity contribution in [2.75, 3.05) is 6.54 Å². The molecule has 1 atom stereocenters. The van der Waals surface area contributed by atoms with Crippen molar-refractivity contribution >= 4 is 15.8 Å². The Kier molecular flexibility index (Phi) is 2.71. The second-order valence-electron chi connectivity index (χ2n) is 4.07. The number of hydrogen-bond acceptors (Lipinski definition) is 3. The average molecular weight is 238 g/mol. The molecule has 86 valence electrons. The Morgan fingerprint density at radius 2 is 2.19 bits per heavy atom. The molecule has 1 heterocycles. The fourth-order valence-corrected chi connectivity index (χ4v) is 3.11. The van der Waals surface area contributed by atoms with Crippen molar-refractivity contribution in [3.05, 3.63) is 29.8 Å². The summed E-state index contributed by atoms with van der Waals surface area (Å²) in [7, 11) is -2.71. The molecule has 2 rings (SSSR count). The number of carbonyl (C=O) groups excluding carboxylic acids is 1. The molecule has 1 amide bonds. The summed E-state index contributed by atoms with van der Waals surface area (Å²) in [6, 6.07) is 7.41. The van der Waals surface area contributed by atoms with Gasteiger partial charge in [-0.25, -0.2) is 8.57 Å². The lowest BCUT2D eigenvalue weighted by Gasteiger charge is -2.09. The van der Waals surface area contributed by atoms with Crippen LogP contribution in [0.25, 0.3) is 0 Å². The summed E-state index contributed by atoms with van der Waals surface area (Å²) in [5, 5.41) is 0. The van der Waals surface area contributed by atoms with Crippen molar-refractivity contribution < 1.29 is 9.00 Å². The van der Waals surface area contributed by atoms with E-state index in [-0.39, 0.29) is 12.5 Å². The van der Waals surface area contributed by atoms with Gasteiger partial charge < -0.3 is 0 Å². The zero-order valence-corrected chi connectivity index (χ0v) is 10.1. The smallest absolute Gasteiger partial charge is 0.255 e. The minimum atomic E-state index is -2.71. The first-order valence-electron chi connectivity index (χ1n) is 5.15. The second-order valence-corrected chi connectivity index (χ2v) is 6.05. The lowest BCUT2D eigenvalue weighted by Crippen LogP contribution is -2.24. The van der Waals surface area contributed by atoms with Gasteiger partial charge in [-0.15, -0.1) is 0 Å². The van der Waals surface area contributed by atoms with Crippen molar-refractivity contribution in [2.45, 2.75) is 24.7 Å². The zero-order valence-electron chi connectivity index (χ0n) is 9.27. The molecule has 0 aliphatic carbocycles. The van der Waals surface area contributed by atoms with E-state index in [4.69, 9.17) is 0 Å². The molecule has 0 radical (unpaired) electrons. The maximum absolute atomic E-state index is 12.3. The van der Waals surface area contributed by atoms with Crippen LogP contribution in [-0.2, 0) is 14.7 Å². The molecular weight excluding hydrogens is 224 g/mol. The maximum atomic E-state index is 12.3. The molecule has 5 heteroatoms. The van der Waals surface area contributed by atoms with Crippen LogP contribution in [0.1, 0.15) is 25.3 Å². The van der Waals surface area contributed by atoms with Gasteiger partial charge in [0.2, 0.25) is 0 Å². The first kappa shape index (κ1) is 11.1. The fourth-order valence-electron chi connectivity index (χ4n) is 1.55. The topological polar surface area (TPSA) is 58.5 Å². The predicted molar refractivity (Wildman–Crippen MR) is 62.4 cm³/mol. The Hall–Kier alpha value is -1.36. The minimum absolute atomic E-state index is 0.00919.